The Kier molecular flexibility index (Phi) is 6.95. The molecule has 1 unspecified atom stereocenters. The zero-order valence-electron chi connectivity index (χ0n) is 14.6. The van der Waals surface area contributed by atoms with Gasteiger partial charge in [-0.15, -0.1) is 0 Å². The summed E-state index contributed by atoms with van der Waals surface area (Å²) < 4.78 is 25.7. The molecule has 1 atom stereocenters. The lowest BCUT2D eigenvalue weighted by molar-refractivity contribution is -0.118. The Bertz CT molecular complexity index is 913. The number of nitrogens with two attached hydrogens (primary N) is 1. The third-order valence-electron chi connectivity index (χ3n) is 3.63. The summed E-state index contributed by atoms with van der Waals surface area (Å²) >= 11 is 5.86. The Labute approximate surface area is 163 Å². The van der Waals surface area contributed by atoms with Gasteiger partial charge in [-0.3, -0.25) is 9.59 Å². The van der Waals surface area contributed by atoms with E-state index in [0.29, 0.717) is 16.3 Å². The third-order valence-corrected chi connectivity index (χ3v) is 4.60. The van der Waals surface area contributed by atoms with E-state index in [4.69, 9.17) is 17.3 Å². The first-order valence-electron chi connectivity index (χ1n) is 8.02. The first-order valence-corrected chi connectivity index (χ1v) is 10.3. The van der Waals surface area contributed by atoms with E-state index in [1.165, 1.54) is 0 Å². The van der Waals surface area contributed by atoms with Crippen molar-refractivity contribution in [3.05, 3.63) is 64.7 Å². The molecule has 0 aliphatic rings. The fourth-order valence-electron chi connectivity index (χ4n) is 2.49. The summed E-state index contributed by atoms with van der Waals surface area (Å²) in [6, 6.07) is 12.5. The van der Waals surface area contributed by atoms with Gasteiger partial charge in [0.25, 0.3) is 0 Å². The molecule has 0 saturated heterocycles. The van der Waals surface area contributed by atoms with Crippen LogP contribution in [0.3, 0.4) is 0 Å². The predicted molar refractivity (Wildman–Crippen MR) is 105 cm³/mol. The van der Waals surface area contributed by atoms with Crippen LogP contribution in [0.4, 0.5) is 5.69 Å². The molecule has 27 heavy (non-hydrogen) atoms. The molecule has 0 heterocycles. The summed E-state index contributed by atoms with van der Waals surface area (Å²) in [6.45, 7) is 0. The standard InChI is InChI=1S/C18H20ClN3O4S/c1-27(25,26)22-16(13-4-6-14(19)7-5-13)11-18(24)21-15-8-2-12(3-9-15)10-17(20)23/h2-9,16,22H,10-11H2,1H3,(H2,20,23)(H,21,24). The van der Waals surface area contributed by atoms with E-state index in [2.05, 4.69) is 10.0 Å². The molecule has 0 aliphatic carbocycles. The first-order chi connectivity index (χ1) is 12.6. The molecule has 0 saturated carbocycles. The summed E-state index contributed by atoms with van der Waals surface area (Å²) in [5, 5.41) is 3.22. The van der Waals surface area contributed by atoms with Crippen LogP contribution < -0.4 is 15.8 Å². The quantitative estimate of drug-likeness (QED) is 0.617. The van der Waals surface area contributed by atoms with Crippen LogP contribution in [0, 0.1) is 0 Å². The van der Waals surface area contributed by atoms with Gasteiger partial charge in [-0.05, 0) is 35.4 Å². The van der Waals surface area contributed by atoms with Gasteiger partial charge in [0.15, 0.2) is 0 Å². The molecule has 0 fully saturated rings. The molecule has 7 nitrogen and oxygen atoms in total. The van der Waals surface area contributed by atoms with Gasteiger partial charge in [0.05, 0.1) is 18.7 Å². The number of halogens is 1. The largest absolute Gasteiger partial charge is 0.369 e. The van der Waals surface area contributed by atoms with E-state index in [1.807, 2.05) is 0 Å². The van der Waals surface area contributed by atoms with Crippen molar-refractivity contribution in [1.82, 2.24) is 4.72 Å². The molecule has 0 radical (unpaired) electrons. The van der Waals surface area contributed by atoms with Crippen molar-refractivity contribution < 1.29 is 18.0 Å². The van der Waals surface area contributed by atoms with Gasteiger partial charge >= 0.3 is 0 Å². The van der Waals surface area contributed by atoms with Gasteiger partial charge in [0, 0.05) is 17.1 Å². The number of primary amides is 1. The van der Waals surface area contributed by atoms with Crippen molar-refractivity contribution in [3.63, 3.8) is 0 Å². The Morgan fingerprint density at radius 3 is 2.19 bits per heavy atom. The Morgan fingerprint density at radius 2 is 1.67 bits per heavy atom. The molecule has 2 aromatic rings. The van der Waals surface area contributed by atoms with Crippen molar-refractivity contribution >= 4 is 39.1 Å². The van der Waals surface area contributed by atoms with Crippen LogP contribution in [0.25, 0.3) is 0 Å². The van der Waals surface area contributed by atoms with E-state index in [9.17, 15) is 18.0 Å². The molecule has 2 amide bonds. The highest BCUT2D eigenvalue weighted by Crippen LogP contribution is 2.21. The smallest absolute Gasteiger partial charge is 0.226 e. The number of rotatable bonds is 8. The van der Waals surface area contributed by atoms with Crippen molar-refractivity contribution in [1.29, 1.82) is 0 Å². The number of sulfonamides is 1. The molecule has 0 aromatic heterocycles. The molecule has 0 spiro atoms. The Hall–Kier alpha value is -2.42. The van der Waals surface area contributed by atoms with Crippen molar-refractivity contribution in [2.45, 2.75) is 18.9 Å². The number of hydrogen-bond acceptors (Lipinski definition) is 4. The van der Waals surface area contributed by atoms with Gasteiger partial charge in [-0.1, -0.05) is 35.9 Å². The minimum absolute atomic E-state index is 0.0995. The zero-order valence-corrected chi connectivity index (χ0v) is 16.2. The van der Waals surface area contributed by atoms with Gasteiger partial charge in [0.2, 0.25) is 21.8 Å². The lowest BCUT2D eigenvalue weighted by Gasteiger charge is -2.18. The fraction of sp³-hybridized carbons (Fsp3) is 0.222. The molecule has 0 bridgehead atoms. The van der Waals surface area contributed by atoms with Crippen LogP contribution in [0.5, 0.6) is 0 Å². The first kappa shape index (κ1) is 20.9. The van der Waals surface area contributed by atoms with Crippen LogP contribution in [0.1, 0.15) is 23.6 Å². The summed E-state index contributed by atoms with van der Waals surface area (Å²) in [5.74, 6) is -0.807. The zero-order chi connectivity index (χ0) is 20.0. The van der Waals surface area contributed by atoms with Crippen molar-refractivity contribution in [2.24, 2.45) is 5.73 Å². The molecule has 144 valence electrons. The van der Waals surface area contributed by atoms with Gasteiger partial charge in [-0.25, -0.2) is 13.1 Å². The molecule has 0 aliphatic heterocycles. The molecule has 4 N–H and O–H groups in total. The maximum Gasteiger partial charge on any atom is 0.226 e. The van der Waals surface area contributed by atoms with E-state index in [1.54, 1.807) is 48.5 Å². The number of anilines is 1. The summed E-state index contributed by atoms with van der Waals surface area (Å²) in [5.41, 5.74) is 7.03. The maximum absolute atomic E-state index is 12.4. The normalized spacial score (nSPS) is 12.4. The van der Waals surface area contributed by atoms with E-state index in [0.717, 1.165) is 11.8 Å². The molecule has 9 heteroatoms. The average Bonchev–Trinajstić information content (AvgIpc) is 2.55. The van der Waals surface area contributed by atoms with Gasteiger partial charge in [-0.2, -0.15) is 0 Å². The number of benzene rings is 2. The second kappa shape index (κ2) is 8.98. The Morgan fingerprint density at radius 1 is 1.07 bits per heavy atom. The highest BCUT2D eigenvalue weighted by atomic mass is 35.5. The van der Waals surface area contributed by atoms with Crippen LogP contribution in [0.15, 0.2) is 48.5 Å². The summed E-state index contributed by atoms with van der Waals surface area (Å²) in [6.07, 6.45) is 1.05. The van der Waals surface area contributed by atoms with Crippen LogP contribution in [-0.2, 0) is 26.0 Å². The lowest BCUT2D eigenvalue weighted by atomic mass is 10.0. The highest BCUT2D eigenvalue weighted by molar-refractivity contribution is 7.88. The number of hydrogen-bond donors (Lipinski definition) is 3. The van der Waals surface area contributed by atoms with Crippen LogP contribution in [0.2, 0.25) is 5.02 Å². The van der Waals surface area contributed by atoms with Crippen LogP contribution in [-0.4, -0.2) is 26.5 Å². The lowest BCUT2D eigenvalue weighted by Crippen LogP contribution is -2.30. The van der Waals surface area contributed by atoms with Gasteiger partial charge in [0.1, 0.15) is 0 Å². The summed E-state index contributed by atoms with van der Waals surface area (Å²) in [7, 11) is -3.52. The topological polar surface area (TPSA) is 118 Å². The minimum Gasteiger partial charge on any atom is -0.369 e. The molecular formula is C18H20ClN3O4S. The second-order valence-corrected chi connectivity index (χ2v) is 8.30. The molecule has 2 rings (SSSR count). The van der Waals surface area contributed by atoms with E-state index >= 15 is 0 Å². The molecule has 2 aromatic carbocycles. The van der Waals surface area contributed by atoms with Crippen LogP contribution >= 0.6 is 11.6 Å². The maximum atomic E-state index is 12.4. The van der Waals surface area contributed by atoms with E-state index in [-0.39, 0.29) is 18.7 Å². The summed E-state index contributed by atoms with van der Waals surface area (Å²) in [4.78, 5) is 23.3. The monoisotopic (exact) mass is 409 g/mol. The van der Waals surface area contributed by atoms with Crippen molar-refractivity contribution in [2.75, 3.05) is 11.6 Å². The average molecular weight is 410 g/mol. The highest BCUT2D eigenvalue weighted by Gasteiger charge is 2.20. The number of nitrogens with one attached hydrogen (secondary N) is 2. The number of carbonyl (C=O) groups excluding carboxylic acids is 2. The second-order valence-electron chi connectivity index (χ2n) is 6.09. The minimum atomic E-state index is -3.52. The number of carbonyl (C=O) groups is 2. The fourth-order valence-corrected chi connectivity index (χ4v) is 3.35. The molecular weight excluding hydrogens is 390 g/mol. The van der Waals surface area contributed by atoms with E-state index < -0.39 is 22.0 Å². The SMILES string of the molecule is CS(=O)(=O)NC(CC(=O)Nc1ccc(CC(N)=O)cc1)c1ccc(Cl)cc1. The number of amides is 2. The Balaban J connectivity index is 2.08. The van der Waals surface area contributed by atoms with Crippen molar-refractivity contribution in [3.8, 4) is 0 Å². The third kappa shape index (κ3) is 7.38. The van der Waals surface area contributed by atoms with Gasteiger partial charge < -0.3 is 11.1 Å². The predicted octanol–water partition coefficient (Wildman–Crippen LogP) is 1.99.